The third-order valence-corrected chi connectivity index (χ3v) is 7.59. The molecule has 1 fully saturated rings. The van der Waals surface area contributed by atoms with Crippen LogP contribution in [-0.2, 0) is 17.6 Å². The lowest BCUT2D eigenvalue weighted by Crippen LogP contribution is -2.49. The van der Waals surface area contributed by atoms with Crippen molar-refractivity contribution in [2.45, 2.75) is 65.7 Å². The van der Waals surface area contributed by atoms with E-state index in [1.807, 2.05) is 23.2 Å². The maximum Gasteiger partial charge on any atom is 0.222 e. The second kappa shape index (κ2) is 7.97. The van der Waals surface area contributed by atoms with Gasteiger partial charge in [-0.1, -0.05) is 27.7 Å². The van der Waals surface area contributed by atoms with E-state index in [1.54, 1.807) is 0 Å². The van der Waals surface area contributed by atoms with Crippen LogP contribution in [0.4, 0.5) is 5.82 Å². The Kier molecular flexibility index (Phi) is 5.59. The molecular formula is C22H32N4OS. The predicted octanol–water partition coefficient (Wildman–Crippen LogP) is 4.39. The number of hydrogen-bond acceptors (Lipinski definition) is 5. The largest absolute Gasteiger partial charge is 0.352 e. The number of nitrogens with zero attached hydrogens (tertiary/aromatic N) is 4. The molecule has 1 aliphatic carbocycles. The lowest BCUT2D eigenvalue weighted by Gasteiger charge is -2.36. The fraction of sp³-hybridized carbons (Fsp3) is 0.682. The first kappa shape index (κ1) is 19.6. The maximum absolute atomic E-state index is 12.1. The van der Waals surface area contributed by atoms with E-state index in [9.17, 15) is 4.79 Å². The second-order valence-electron chi connectivity index (χ2n) is 8.47. The van der Waals surface area contributed by atoms with E-state index in [-0.39, 0.29) is 5.91 Å². The molecule has 2 unspecified atom stereocenters. The van der Waals surface area contributed by atoms with E-state index in [0.29, 0.717) is 12.3 Å². The van der Waals surface area contributed by atoms with Gasteiger partial charge in [0, 0.05) is 43.4 Å². The molecule has 0 spiro atoms. The Hall–Kier alpha value is -1.69. The zero-order valence-corrected chi connectivity index (χ0v) is 18.4. The molecule has 3 heterocycles. The molecule has 0 saturated carbocycles. The molecule has 1 amide bonds. The zero-order chi connectivity index (χ0) is 19.8. The number of rotatable bonds is 4. The minimum absolute atomic E-state index is 0.259. The van der Waals surface area contributed by atoms with Crippen LogP contribution in [0.25, 0.3) is 10.2 Å². The Labute approximate surface area is 172 Å². The van der Waals surface area contributed by atoms with Gasteiger partial charge in [0.1, 0.15) is 16.5 Å². The van der Waals surface area contributed by atoms with Crippen LogP contribution < -0.4 is 4.90 Å². The van der Waals surface area contributed by atoms with E-state index < -0.39 is 0 Å². The summed E-state index contributed by atoms with van der Waals surface area (Å²) in [5.41, 5.74) is 1.50. The van der Waals surface area contributed by atoms with Crippen molar-refractivity contribution in [3.63, 3.8) is 0 Å². The highest BCUT2D eigenvalue weighted by Gasteiger charge is 2.28. The lowest BCUT2D eigenvalue weighted by atomic mass is 9.89. The number of carbonyl (C=O) groups is 1. The fourth-order valence-corrected chi connectivity index (χ4v) is 5.75. The number of piperazine rings is 1. The number of aromatic nitrogens is 2. The van der Waals surface area contributed by atoms with Gasteiger partial charge < -0.3 is 9.80 Å². The van der Waals surface area contributed by atoms with Gasteiger partial charge in [-0.2, -0.15) is 0 Å². The third-order valence-electron chi connectivity index (χ3n) is 6.44. The number of fused-ring (bicyclic) bond motifs is 3. The van der Waals surface area contributed by atoms with Gasteiger partial charge in [0.15, 0.2) is 0 Å². The van der Waals surface area contributed by atoms with Crippen molar-refractivity contribution >= 4 is 33.3 Å². The van der Waals surface area contributed by atoms with E-state index in [1.165, 1.54) is 33.5 Å². The topological polar surface area (TPSA) is 49.3 Å². The van der Waals surface area contributed by atoms with E-state index in [0.717, 1.165) is 56.6 Å². The van der Waals surface area contributed by atoms with Gasteiger partial charge >= 0.3 is 0 Å². The summed E-state index contributed by atoms with van der Waals surface area (Å²) in [6.45, 7) is 12.0. The van der Waals surface area contributed by atoms with Gasteiger partial charge in [-0.3, -0.25) is 4.79 Å². The average Bonchev–Trinajstić information content (AvgIpc) is 3.09. The number of thiophene rings is 1. The van der Waals surface area contributed by atoms with Crippen molar-refractivity contribution in [3.8, 4) is 0 Å². The van der Waals surface area contributed by atoms with Crippen LogP contribution in [0.3, 0.4) is 0 Å². The molecular weight excluding hydrogens is 368 g/mol. The van der Waals surface area contributed by atoms with Gasteiger partial charge in [0.2, 0.25) is 5.91 Å². The number of anilines is 1. The summed E-state index contributed by atoms with van der Waals surface area (Å²) >= 11 is 1.89. The molecule has 4 rings (SSSR count). The first-order valence-corrected chi connectivity index (χ1v) is 11.7. The van der Waals surface area contributed by atoms with Crippen molar-refractivity contribution in [1.82, 2.24) is 14.9 Å². The lowest BCUT2D eigenvalue weighted by molar-refractivity contribution is -0.131. The van der Waals surface area contributed by atoms with Crippen molar-refractivity contribution in [2.75, 3.05) is 31.1 Å². The normalized spacial score (nSPS) is 21.1. The van der Waals surface area contributed by atoms with Crippen LogP contribution in [0.15, 0.2) is 0 Å². The van der Waals surface area contributed by atoms with Crippen LogP contribution in [0.2, 0.25) is 0 Å². The smallest absolute Gasteiger partial charge is 0.222 e. The molecule has 1 saturated heterocycles. The summed E-state index contributed by atoms with van der Waals surface area (Å²) in [6.07, 6.45) is 5.21. The van der Waals surface area contributed by atoms with Gasteiger partial charge in [-0.25, -0.2) is 9.97 Å². The Morgan fingerprint density at radius 1 is 1.21 bits per heavy atom. The molecule has 0 radical (unpaired) electrons. The van der Waals surface area contributed by atoms with Crippen LogP contribution >= 0.6 is 11.3 Å². The van der Waals surface area contributed by atoms with Crippen LogP contribution in [0, 0.1) is 5.92 Å². The third kappa shape index (κ3) is 3.51. The van der Waals surface area contributed by atoms with Gasteiger partial charge in [0.05, 0.1) is 5.39 Å². The molecule has 1 aliphatic heterocycles. The Balaban J connectivity index is 1.74. The molecule has 5 nitrogen and oxygen atoms in total. The molecule has 6 heteroatoms. The van der Waals surface area contributed by atoms with E-state index >= 15 is 0 Å². The minimum Gasteiger partial charge on any atom is -0.352 e. The molecule has 2 aliphatic rings. The standard InChI is InChI=1S/C22H32N4OS/c1-5-15(4)20-23-21(26-11-9-25(10-12-26)18(27)6-2)19-16-8-7-14(3)13-17(16)28-22(19)24-20/h14-15H,5-13H2,1-4H3. The maximum atomic E-state index is 12.1. The van der Waals surface area contributed by atoms with Gasteiger partial charge in [-0.05, 0) is 37.2 Å². The highest BCUT2D eigenvalue weighted by molar-refractivity contribution is 7.19. The Morgan fingerprint density at radius 3 is 2.64 bits per heavy atom. The van der Waals surface area contributed by atoms with E-state index in [4.69, 9.17) is 9.97 Å². The second-order valence-corrected chi connectivity index (χ2v) is 9.55. The van der Waals surface area contributed by atoms with Gasteiger partial charge in [0.25, 0.3) is 0 Å². The quantitative estimate of drug-likeness (QED) is 0.764. The monoisotopic (exact) mass is 400 g/mol. The average molecular weight is 401 g/mol. The highest BCUT2D eigenvalue weighted by Crippen LogP contribution is 2.41. The molecule has 0 aromatic carbocycles. The van der Waals surface area contributed by atoms with Crippen molar-refractivity contribution in [1.29, 1.82) is 0 Å². The SMILES string of the molecule is CCC(=O)N1CCN(c2nc(C(C)CC)nc3sc4c(c23)CCC(C)C4)CC1. The van der Waals surface area contributed by atoms with Crippen molar-refractivity contribution in [2.24, 2.45) is 5.92 Å². The first-order valence-electron chi connectivity index (χ1n) is 10.9. The van der Waals surface area contributed by atoms with Crippen LogP contribution in [-0.4, -0.2) is 47.0 Å². The number of amides is 1. The molecule has 2 aromatic rings. The molecule has 28 heavy (non-hydrogen) atoms. The molecule has 0 bridgehead atoms. The van der Waals surface area contributed by atoms with Crippen molar-refractivity contribution in [3.05, 3.63) is 16.3 Å². The van der Waals surface area contributed by atoms with Gasteiger partial charge in [-0.15, -0.1) is 11.3 Å². The van der Waals surface area contributed by atoms with E-state index in [2.05, 4.69) is 25.7 Å². The van der Waals surface area contributed by atoms with Crippen LogP contribution in [0.5, 0.6) is 0 Å². The summed E-state index contributed by atoms with van der Waals surface area (Å²) in [5, 5.41) is 1.30. The highest BCUT2D eigenvalue weighted by atomic mass is 32.1. The minimum atomic E-state index is 0.259. The van der Waals surface area contributed by atoms with Crippen LogP contribution in [0.1, 0.15) is 69.1 Å². The first-order chi connectivity index (χ1) is 13.5. The summed E-state index contributed by atoms with van der Waals surface area (Å²) in [7, 11) is 0. The molecule has 152 valence electrons. The van der Waals surface area contributed by atoms with Crippen molar-refractivity contribution < 1.29 is 4.79 Å². The summed E-state index contributed by atoms with van der Waals surface area (Å²) in [4.78, 5) is 29.3. The summed E-state index contributed by atoms with van der Waals surface area (Å²) in [6, 6.07) is 0. The number of aryl methyl sites for hydroxylation is 1. The Bertz CT molecular complexity index is 869. The number of carbonyl (C=O) groups excluding carboxylic acids is 1. The fourth-order valence-electron chi connectivity index (χ4n) is 4.36. The Morgan fingerprint density at radius 2 is 1.96 bits per heavy atom. The molecule has 0 N–H and O–H groups in total. The number of hydrogen-bond donors (Lipinski definition) is 0. The molecule has 2 aromatic heterocycles. The molecule has 2 atom stereocenters. The predicted molar refractivity (Wildman–Crippen MR) is 116 cm³/mol. The summed E-state index contributed by atoms with van der Waals surface area (Å²) in [5.74, 6) is 3.48. The summed E-state index contributed by atoms with van der Waals surface area (Å²) < 4.78 is 0. The zero-order valence-electron chi connectivity index (χ0n) is 17.6.